The number of alkyl halides is 2. The Labute approximate surface area is 173 Å². The van der Waals surface area contributed by atoms with Crippen LogP contribution in [0.5, 0.6) is 5.75 Å². The van der Waals surface area contributed by atoms with Gasteiger partial charge in [0.2, 0.25) is 0 Å². The van der Waals surface area contributed by atoms with Crippen LogP contribution in [-0.2, 0) is 13.1 Å². The summed E-state index contributed by atoms with van der Waals surface area (Å²) >= 11 is 1.60. The largest absolute Gasteiger partial charge is 0.434 e. The molecule has 0 unspecified atom stereocenters. The van der Waals surface area contributed by atoms with Crippen molar-refractivity contribution in [2.24, 2.45) is 4.99 Å². The number of aliphatic imine (C=N–C) groups is 1. The van der Waals surface area contributed by atoms with E-state index in [1.807, 2.05) is 31.2 Å². The lowest BCUT2D eigenvalue weighted by Gasteiger charge is -2.21. The number of hydrogen-bond donors (Lipinski definition) is 1. The summed E-state index contributed by atoms with van der Waals surface area (Å²) in [6.45, 7) is 2.65. The van der Waals surface area contributed by atoms with Crippen molar-refractivity contribution in [2.45, 2.75) is 33.5 Å². The van der Waals surface area contributed by atoms with Gasteiger partial charge in [-0.2, -0.15) is 8.78 Å². The minimum atomic E-state index is -2.85. The molecule has 2 aromatic rings. The number of benzene rings is 1. The summed E-state index contributed by atoms with van der Waals surface area (Å²) in [6.07, 6.45) is 0. The Bertz CT molecular complexity index is 712. The fourth-order valence-corrected chi connectivity index (χ4v) is 2.88. The van der Waals surface area contributed by atoms with E-state index in [0.29, 0.717) is 24.6 Å². The number of rotatable bonds is 7. The summed E-state index contributed by atoms with van der Waals surface area (Å²) in [6, 6.07) is 6.69. The highest BCUT2D eigenvalue weighted by molar-refractivity contribution is 14.0. The molecule has 9 heteroatoms. The third-order valence-electron chi connectivity index (χ3n) is 3.35. The SMILES string of the molecule is CCNC(=NCc1ccccc1OC(F)F)N(C)Cc1csc(C)n1.I. The Kier molecular flexibility index (Phi) is 9.78. The van der Waals surface area contributed by atoms with Gasteiger partial charge in [-0.15, -0.1) is 35.3 Å². The molecule has 1 heterocycles. The van der Waals surface area contributed by atoms with Crippen LogP contribution in [0.25, 0.3) is 0 Å². The second kappa shape index (κ2) is 11.3. The number of aromatic nitrogens is 1. The van der Waals surface area contributed by atoms with Gasteiger partial charge in [0.25, 0.3) is 0 Å². The molecule has 0 saturated carbocycles. The average molecular weight is 496 g/mol. The standard InChI is InChI=1S/C17H22F2N4OS.HI/c1-4-20-17(23(3)10-14-11-25-12(2)22-14)21-9-13-7-5-6-8-15(13)24-16(18)19;/h5-8,11,16H,4,9-10H2,1-3H3,(H,20,21);1H. The molecule has 0 aliphatic carbocycles. The van der Waals surface area contributed by atoms with Crippen LogP contribution in [0.3, 0.4) is 0 Å². The fourth-order valence-electron chi connectivity index (χ4n) is 2.27. The molecule has 0 aliphatic heterocycles. The molecule has 1 aromatic heterocycles. The molecule has 1 N–H and O–H groups in total. The Hall–Kier alpha value is -1.49. The molecule has 144 valence electrons. The molecule has 0 fully saturated rings. The number of guanidine groups is 1. The van der Waals surface area contributed by atoms with Gasteiger partial charge in [-0.1, -0.05) is 18.2 Å². The number of thiazole rings is 1. The van der Waals surface area contributed by atoms with Gasteiger partial charge in [-0.05, 0) is 19.9 Å². The first-order valence-corrected chi connectivity index (χ1v) is 8.80. The van der Waals surface area contributed by atoms with E-state index in [1.54, 1.807) is 29.5 Å². The summed E-state index contributed by atoms with van der Waals surface area (Å²) in [5.41, 5.74) is 1.58. The van der Waals surface area contributed by atoms with Crippen molar-refractivity contribution < 1.29 is 13.5 Å². The molecule has 0 amide bonds. The van der Waals surface area contributed by atoms with E-state index in [2.05, 4.69) is 20.0 Å². The van der Waals surface area contributed by atoms with E-state index >= 15 is 0 Å². The summed E-state index contributed by atoms with van der Waals surface area (Å²) < 4.78 is 29.6. The van der Waals surface area contributed by atoms with Crippen LogP contribution in [0.15, 0.2) is 34.6 Å². The quantitative estimate of drug-likeness (QED) is 0.354. The van der Waals surface area contributed by atoms with Crippen LogP contribution in [0.4, 0.5) is 8.78 Å². The van der Waals surface area contributed by atoms with Crippen LogP contribution >= 0.6 is 35.3 Å². The number of aryl methyl sites for hydroxylation is 1. The zero-order valence-electron chi connectivity index (χ0n) is 14.9. The monoisotopic (exact) mass is 496 g/mol. The topological polar surface area (TPSA) is 49.8 Å². The van der Waals surface area contributed by atoms with E-state index in [0.717, 1.165) is 10.7 Å². The third-order valence-corrected chi connectivity index (χ3v) is 4.17. The number of para-hydroxylation sites is 1. The van der Waals surface area contributed by atoms with Gasteiger partial charge in [-0.25, -0.2) is 9.98 Å². The first kappa shape index (κ1) is 22.6. The minimum absolute atomic E-state index is 0. The molecule has 0 saturated heterocycles. The first-order chi connectivity index (χ1) is 12.0. The number of nitrogens with zero attached hydrogens (tertiary/aromatic N) is 3. The number of ether oxygens (including phenoxy) is 1. The van der Waals surface area contributed by atoms with Crippen molar-refractivity contribution >= 4 is 41.3 Å². The molecule has 2 rings (SSSR count). The summed E-state index contributed by atoms with van der Waals surface area (Å²) in [5, 5.41) is 6.23. The van der Waals surface area contributed by atoms with Gasteiger partial charge in [0.05, 0.1) is 23.8 Å². The van der Waals surface area contributed by atoms with Gasteiger partial charge >= 0.3 is 6.61 Å². The van der Waals surface area contributed by atoms with Crippen LogP contribution in [-0.4, -0.2) is 36.0 Å². The predicted octanol–water partition coefficient (Wildman–Crippen LogP) is 4.27. The highest BCUT2D eigenvalue weighted by atomic mass is 127. The van der Waals surface area contributed by atoms with Crippen molar-refractivity contribution in [2.75, 3.05) is 13.6 Å². The van der Waals surface area contributed by atoms with Gasteiger partial charge in [-0.3, -0.25) is 0 Å². The predicted molar refractivity (Wildman–Crippen MR) is 112 cm³/mol. The number of halogens is 3. The fraction of sp³-hybridized carbons (Fsp3) is 0.412. The van der Waals surface area contributed by atoms with Crippen molar-refractivity contribution in [1.29, 1.82) is 0 Å². The second-order valence-electron chi connectivity index (χ2n) is 5.37. The normalized spacial score (nSPS) is 11.2. The maximum absolute atomic E-state index is 12.5. The van der Waals surface area contributed by atoms with E-state index < -0.39 is 6.61 Å². The van der Waals surface area contributed by atoms with E-state index in [9.17, 15) is 8.78 Å². The third kappa shape index (κ3) is 7.02. The Balaban J connectivity index is 0.00000338. The van der Waals surface area contributed by atoms with Crippen molar-refractivity contribution in [3.05, 3.63) is 45.9 Å². The van der Waals surface area contributed by atoms with Gasteiger partial charge in [0, 0.05) is 24.5 Å². The van der Waals surface area contributed by atoms with Gasteiger partial charge in [0.15, 0.2) is 5.96 Å². The highest BCUT2D eigenvalue weighted by Gasteiger charge is 2.11. The zero-order valence-corrected chi connectivity index (χ0v) is 18.1. The van der Waals surface area contributed by atoms with Crippen LogP contribution in [0.1, 0.15) is 23.2 Å². The van der Waals surface area contributed by atoms with Crippen LogP contribution in [0, 0.1) is 6.92 Å². The molecule has 1 aromatic carbocycles. The Morgan fingerprint density at radius 2 is 2.12 bits per heavy atom. The lowest BCUT2D eigenvalue weighted by atomic mass is 10.2. The van der Waals surface area contributed by atoms with Crippen LogP contribution in [0.2, 0.25) is 0 Å². The van der Waals surface area contributed by atoms with E-state index in [4.69, 9.17) is 0 Å². The maximum Gasteiger partial charge on any atom is 0.387 e. The Morgan fingerprint density at radius 3 is 2.73 bits per heavy atom. The average Bonchev–Trinajstić information content (AvgIpc) is 2.97. The lowest BCUT2D eigenvalue weighted by Crippen LogP contribution is -2.38. The molecular formula is C17H23F2IN4OS. The Morgan fingerprint density at radius 1 is 1.38 bits per heavy atom. The summed E-state index contributed by atoms with van der Waals surface area (Å²) in [5.74, 6) is 0.829. The molecule has 0 spiro atoms. The molecule has 0 atom stereocenters. The highest BCUT2D eigenvalue weighted by Crippen LogP contribution is 2.21. The van der Waals surface area contributed by atoms with Crippen molar-refractivity contribution in [3.8, 4) is 5.75 Å². The number of hydrogen-bond acceptors (Lipinski definition) is 4. The van der Waals surface area contributed by atoms with Crippen LogP contribution < -0.4 is 10.1 Å². The molecule has 0 radical (unpaired) electrons. The minimum Gasteiger partial charge on any atom is -0.434 e. The number of nitrogens with one attached hydrogen (secondary N) is 1. The molecule has 5 nitrogen and oxygen atoms in total. The van der Waals surface area contributed by atoms with Gasteiger partial charge in [0.1, 0.15) is 5.75 Å². The molecule has 0 bridgehead atoms. The smallest absolute Gasteiger partial charge is 0.387 e. The van der Waals surface area contributed by atoms with Gasteiger partial charge < -0.3 is 15.0 Å². The molecule has 26 heavy (non-hydrogen) atoms. The van der Waals surface area contributed by atoms with Crippen molar-refractivity contribution in [1.82, 2.24) is 15.2 Å². The molecule has 0 aliphatic rings. The van der Waals surface area contributed by atoms with Crippen molar-refractivity contribution in [3.63, 3.8) is 0 Å². The lowest BCUT2D eigenvalue weighted by molar-refractivity contribution is -0.0504. The summed E-state index contributed by atoms with van der Waals surface area (Å²) in [7, 11) is 1.91. The molecular weight excluding hydrogens is 473 g/mol. The van der Waals surface area contributed by atoms with E-state index in [1.165, 1.54) is 6.07 Å². The van der Waals surface area contributed by atoms with E-state index in [-0.39, 0.29) is 36.3 Å². The second-order valence-corrected chi connectivity index (χ2v) is 6.43. The zero-order chi connectivity index (χ0) is 18.2. The summed E-state index contributed by atoms with van der Waals surface area (Å²) in [4.78, 5) is 10.9. The maximum atomic E-state index is 12.5. The first-order valence-electron chi connectivity index (χ1n) is 7.92.